The largest absolute Gasteiger partial charge is 0.432 e. The average Bonchev–Trinajstić information content (AvgIpc) is 2.16. The summed E-state index contributed by atoms with van der Waals surface area (Å²) in [5.74, 6) is 0.418. The topological polar surface area (TPSA) is 46.6 Å². The van der Waals surface area contributed by atoms with Crippen LogP contribution in [0.25, 0.3) is 0 Å². The Labute approximate surface area is 101 Å². The summed E-state index contributed by atoms with van der Waals surface area (Å²) in [6.45, 7) is 0. The molecule has 0 saturated carbocycles. The number of thiocarbonyl (C=S) groups is 1. The Balaban J connectivity index is 2.96. The van der Waals surface area contributed by atoms with E-state index in [-0.39, 0.29) is 10.1 Å². The average molecular weight is 259 g/mol. The molecule has 6 heteroatoms. The van der Waals surface area contributed by atoms with Gasteiger partial charge in [0.2, 0.25) is 0 Å². The molecule has 0 aliphatic rings. The zero-order valence-corrected chi connectivity index (χ0v) is 10.9. The van der Waals surface area contributed by atoms with Crippen molar-refractivity contribution in [3.63, 3.8) is 0 Å². The summed E-state index contributed by atoms with van der Waals surface area (Å²) in [7, 11) is 0.287. The Bertz CT molecular complexity index is 495. The summed E-state index contributed by atoms with van der Waals surface area (Å²) < 4.78 is 27.9. The van der Waals surface area contributed by atoms with E-state index in [0.29, 0.717) is 5.75 Å². The molecular weight excluding hydrogens is 246 g/mol. The molecule has 1 rings (SSSR count). The van der Waals surface area contributed by atoms with Crippen LogP contribution in [-0.2, 0) is 9.84 Å². The van der Waals surface area contributed by atoms with Crippen LogP contribution in [0.3, 0.4) is 0 Å². The van der Waals surface area contributed by atoms with Gasteiger partial charge in [0.1, 0.15) is 5.75 Å². The van der Waals surface area contributed by atoms with E-state index in [1.165, 1.54) is 12.1 Å². The van der Waals surface area contributed by atoms with E-state index in [4.69, 9.17) is 17.0 Å². The molecule has 1 aromatic rings. The van der Waals surface area contributed by atoms with E-state index in [0.717, 1.165) is 6.26 Å². The predicted molar refractivity (Wildman–Crippen MR) is 66.5 cm³/mol. The molecule has 0 N–H and O–H groups in total. The van der Waals surface area contributed by atoms with Gasteiger partial charge in [-0.2, -0.15) is 0 Å². The Morgan fingerprint density at radius 2 is 2.00 bits per heavy atom. The van der Waals surface area contributed by atoms with Gasteiger partial charge in [-0.15, -0.1) is 0 Å². The highest BCUT2D eigenvalue weighted by Gasteiger charge is 2.09. The van der Waals surface area contributed by atoms with Crippen LogP contribution in [0.15, 0.2) is 29.2 Å². The van der Waals surface area contributed by atoms with Gasteiger partial charge in [0.15, 0.2) is 9.84 Å². The summed E-state index contributed by atoms with van der Waals surface area (Å²) in [6.07, 6.45) is 1.15. The Hall–Kier alpha value is -1.14. The third-order valence-electron chi connectivity index (χ3n) is 1.80. The lowest BCUT2D eigenvalue weighted by Crippen LogP contribution is -2.25. The highest BCUT2D eigenvalue weighted by Crippen LogP contribution is 2.17. The second-order valence-corrected chi connectivity index (χ2v) is 5.87. The first-order valence-electron chi connectivity index (χ1n) is 4.50. The SMILES string of the molecule is CN(C)C(=S)Oc1cccc(S(C)(=O)=O)c1. The highest BCUT2D eigenvalue weighted by atomic mass is 32.2. The number of rotatable bonds is 2. The van der Waals surface area contributed by atoms with E-state index in [2.05, 4.69) is 0 Å². The second kappa shape index (κ2) is 4.80. The van der Waals surface area contributed by atoms with Gasteiger partial charge in [0.25, 0.3) is 5.17 Å². The van der Waals surface area contributed by atoms with E-state index >= 15 is 0 Å². The maximum Gasteiger partial charge on any atom is 0.264 e. The summed E-state index contributed by atoms with van der Waals surface area (Å²) >= 11 is 4.95. The maximum atomic E-state index is 11.3. The van der Waals surface area contributed by atoms with Crippen LogP contribution < -0.4 is 4.74 Å². The van der Waals surface area contributed by atoms with Gasteiger partial charge < -0.3 is 9.64 Å². The lowest BCUT2D eigenvalue weighted by Gasteiger charge is -2.14. The monoisotopic (exact) mass is 259 g/mol. The number of sulfone groups is 1. The number of nitrogens with zero attached hydrogens (tertiary/aromatic N) is 1. The standard InChI is InChI=1S/C10H13NO3S2/c1-11(2)10(15)14-8-5-4-6-9(7-8)16(3,12)13/h4-7H,1-3H3. The molecule has 0 heterocycles. The maximum absolute atomic E-state index is 11.3. The van der Waals surface area contributed by atoms with Crippen molar-refractivity contribution in [2.45, 2.75) is 4.90 Å². The quantitative estimate of drug-likeness (QED) is 0.750. The lowest BCUT2D eigenvalue weighted by molar-refractivity contribution is 0.448. The molecule has 0 aromatic heterocycles. The summed E-state index contributed by atoms with van der Waals surface area (Å²) in [4.78, 5) is 1.84. The predicted octanol–water partition coefficient (Wildman–Crippen LogP) is 1.32. The Morgan fingerprint density at radius 1 is 1.38 bits per heavy atom. The molecular formula is C10H13NO3S2. The van der Waals surface area contributed by atoms with Crippen molar-refractivity contribution in [3.8, 4) is 5.75 Å². The van der Waals surface area contributed by atoms with E-state index in [1.54, 1.807) is 31.1 Å². The summed E-state index contributed by atoms with van der Waals surface area (Å²) in [5, 5.41) is 0.283. The molecule has 0 spiro atoms. The molecule has 0 saturated heterocycles. The molecule has 88 valence electrons. The molecule has 1 aromatic carbocycles. The fourth-order valence-electron chi connectivity index (χ4n) is 0.960. The van der Waals surface area contributed by atoms with Crippen molar-refractivity contribution in [2.75, 3.05) is 20.4 Å². The van der Waals surface area contributed by atoms with Crippen molar-refractivity contribution in [3.05, 3.63) is 24.3 Å². The minimum atomic E-state index is -3.22. The molecule has 0 fully saturated rings. The normalized spacial score (nSPS) is 10.9. The van der Waals surface area contributed by atoms with Crippen LogP contribution in [0.4, 0.5) is 0 Å². The van der Waals surface area contributed by atoms with Gasteiger partial charge in [-0.3, -0.25) is 0 Å². The van der Waals surface area contributed by atoms with Gasteiger partial charge in [0, 0.05) is 20.4 Å². The van der Waals surface area contributed by atoms with Crippen LogP contribution in [0.5, 0.6) is 5.75 Å². The van der Waals surface area contributed by atoms with E-state index in [1.807, 2.05) is 0 Å². The molecule has 0 atom stereocenters. The second-order valence-electron chi connectivity index (χ2n) is 3.51. The molecule has 4 nitrogen and oxygen atoms in total. The van der Waals surface area contributed by atoms with Crippen LogP contribution in [0.2, 0.25) is 0 Å². The van der Waals surface area contributed by atoms with Gasteiger partial charge >= 0.3 is 0 Å². The smallest absolute Gasteiger partial charge is 0.264 e. The molecule has 16 heavy (non-hydrogen) atoms. The zero-order valence-electron chi connectivity index (χ0n) is 9.30. The molecule has 0 aliphatic carbocycles. The van der Waals surface area contributed by atoms with Crippen molar-refractivity contribution < 1.29 is 13.2 Å². The third-order valence-corrected chi connectivity index (χ3v) is 3.36. The van der Waals surface area contributed by atoms with Crippen molar-refractivity contribution in [1.29, 1.82) is 0 Å². The van der Waals surface area contributed by atoms with Gasteiger partial charge in [-0.05, 0) is 30.4 Å². The Kier molecular flexibility index (Phi) is 3.88. The number of hydrogen-bond donors (Lipinski definition) is 0. The van der Waals surface area contributed by atoms with Crippen LogP contribution in [0, 0.1) is 0 Å². The molecule has 0 radical (unpaired) electrons. The minimum Gasteiger partial charge on any atom is -0.432 e. The van der Waals surface area contributed by atoms with E-state index in [9.17, 15) is 8.42 Å². The van der Waals surface area contributed by atoms with Gasteiger partial charge in [-0.25, -0.2) is 8.42 Å². The molecule has 0 amide bonds. The summed E-state index contributed by atoms with van der Waals surface area (Å²) in [6, 6.07) is 6.24. The van der Waals surface area contributed by atoms with Crippen LogP contribution in [-0.4, -0.2) is 38.8 Å². The number of hydrogen-bond acceptors (Lipinski definition) is 4. The van der Waals surface area contributed by atoms with Gasteiger partial charge in [0.05, 0.1) is 4.90 Å². The van der Waals surface area contributed by atoms with Crippen LogP contribution in [0.1, 0.15) is 0 Å². The first-order valence-corrected chi connectivity index (χ1v) is 6.80. The highest BCUT2D eigenvalue weighted by molar-refractivity contribution is 7.90. The first-order chi connectivity index (χ1) is 7.30. The van der Waals surface area contributed by atoms with Gasteiger partial charge in [-0.1, -0.05) is 6.07 Å². The first kappa shape index (κ1) is 12.9. The number of ether oxygens (including phenoxy) is 1. The summed E-state index contributed by atoms with van der Waals surface area (Å²) in [5.41, 5.74) is 0. The third kappa shape index (κ3) is 3.46. The molecule has 0 bridgehead atoms. The Morgan fingerprint density at radius 3 is 2.50 bits per heavy atom. The fourth-order valence-corrected chi connectivity index (χ4v) is 1.71. The molecule has 0 unspecified atom stereocenters. The van der Waals surface area contributed by atoms with Crippen molar-refractivity contribution in [1.82, 2.24) is 4.90 Å². The fraction of sp³-hybridized carbons (Fsp3) is 0.300. The lowest BCUT2D eigenvalue weighted by atomic mass is 10.3. The zero-order chi connectivity index (χ0) is 12.3. The van der Waals surface area contributed by atoms with Crippen molar-refractivity contribution >= 4 is 27.2 Å². The number of benzene rings is 1. The van der Waals surface area contributed by atoms with E-state index < -0.39 is 9.84 Å². The van der Waals surface area contributed by atoms with Crippen molar-refractivity contribution in [2.24, 2.45) is 0 Å². The minimum absolute atomic E-state index is 0.214. The molecule has 0 aliphatic heterocycles. The van der Waals surface area contributed by atoms with Crippen LogP contribution >= 0.6 is 12.2 Å².